The lowest BCUT2D eigenvalue weighted by Gasteiger charge is -2.28. The smallest absolute Gasteiger partial charge is 0.404 e. The molecule has 2 aliphatic rings. The molecular weight excluding hydrogens is 562 g/mol. The van der Waals surface area contributed by atoms with Gasteiger partial charge in [0.25, 0.3) is 5.91 Å². The summed E-state index contributed by atoms with van der Waals surface area (Å²) < 4.78 is 14.6. The molecule has 2 aliphatic carbocycles. The van der Waals surface area contributed by atoms with Gasteiger partial charge in [-0.3, -0.25) is 4.79 Å². The van der Waals surface area contributed by atoms with Gasteiger partial charge in [0.2, 0.25) is 0 Å². The summed E-state index contributed by atoms with van der Waals surface area (Å²) >= 11 is 0. The summed E-state index contributed by atoms with van der Waals surface area (Å²) in [5, 5.41) is 14.8. The van der Waals surface area contributed by atoms with Crippen LogP contribution in [0.15, 0.2) is 24.5 Å². The first-order valence-electron chi connectivity index (χ1n) is 15.5. The molecule has 232 valence electrons. The molecule has 2 saturated carbocycles. The van der Waals surface area contributed by atoms with Gasteiger partial charge in [0.05, 0.1) is 17.7 Å². The molecule has 0 spiro atoms. The molecule has 3 N–H and O–H groups in total. The predicted molar refractivity (Wildman–Crippen MR) is 169 cm³/mol. The molecule has 0 aliphatic heterocycles. The Labute approximate surface area is 254 Å². The van der Waals surface area contributed by atoms with Crippen molar-refractivity contribution in [2.45, 2.75) is 96.9 Å². The number of hydrogen-bond donors (Lipinski definition) is 3. The first-order valence-corrected chi connectivity index (χ1v) is 19.2. The molecule has 43 heavy (non-hydrogen) atoms. The van der Waals surface area contributed by atoms with Crippen molar-refractivity contribution >= 4 is 31.1 Å². The van der Waals surface area contributed by atoms with Crippen molar-refractivity contribution in [2.75, 3.05) is 13.2 Å². The van der Waals surface area contributed by atoms with Gasteiger partial charge >= 0.3 is 6.09 Å². The van der Waals surface area contributed by atoms with Crippen molar-refractivity contribution in [3.63, 3.8) is 0 Å². The third-order valence-corrected chi connectivity index (χ3v) is 10.2. The molecule has 2 amide bonds. The fraction of sp³-hybridized carbons (Fsp3) is 0.562. The molecule has 2 fully saturated rings. The zero-order valence-electron chi connectivity index (χ0n) is 26.0. The van der Waals surface area contributed by atoms with E-state index in [4.69, 9.17) is 19.6 Å². The summed E-state index contributed by atoms with van der Waals surface area (Å²) in [4.78, 5) is 34.3. The van der Waals surface area contributed by atoms with Gasteiger partial charge in [-0.2, -0.15) is 0 Å². The molecule has 0 radical (unpaired) electrons. The maximum absolute atomic E-state index is 13.9. The Bertz CT molecular complexity index is 1470. The number of ether oxygens (including phenoxy) is 2. The lowest BCUT2D eigenvalue weighted by atomic mass is 9.91. The van der Waals surface area contributed by atoms with E-state index in [9.17, 15) is 9.59 Å². The van der Waals surface area contributed by atoms with Crippen LogP contribution in [-0.4, -0.2) is 65.0 Å². The number of aryl methyl sites for hydroxylation is 1. The topological polar surface area (TPSA) is 128 Å². The van der Waals surface area contributed by atoms with E-state index < -0.39 is 14.2 Å². The maximum atomic E-state index is 13.9. The van der Waals surface area contributed by atoms with Crippen molar-refractivity contribution in [1.29, 1.82) is 0 Å². The minimum absolute atomic E-state index is 0.0364. The summed E-state index contributed by atoms with van der Waals surface area (Å²) in [7, 11) is -1.28. The highest BCUT2D eigenvalue weighted by molar-refractivity contribution is 6.76. The van der Waals surface area contributed by atoms with Crippen LogP contribution in [0.4, 0.5) is 4.79 Å². The first-order chi connectivity index (χ1) is 20.5. The van der Waals surface area contributed by atoms with E-state index in [1.165, 1.54) is 19.2 Å². The average molecular weight is 608 g/mol. The second kappa shape index (κ2) is 13.0. The Morgan fingerprint density at radius 2 is 1.72 bits per heavy atom. The molecule has 11 heteroatoms. The Hall–Kier alpha value is -3.44. The summed E-state index contributed by atoms with van der Waals surface area (Å²) in [6.45, 7) is 12.6. The molecule has 5 rings (SSSR count). The van der Waals surface area contributed by atoms with Crippen molar-refractivity contribution in [3.05, 3.63) is 41.3 Å². The molecule has 2 heterocycles. The normalized spacial score (nSPS) is 18.9. The Morgan fingerprint density at radius 3 is 2.37 bits per heavy atom. The van der Waals surface area contributed by atoms with E-state index in [1.807, 2.05) is 23.6 Å². The number of nitrogens with zero attached hydrogens (tertiary/aromatic N) is 3. The average Bonchev–Trinajstić information content (AvgIpc) is 3.73. The van der Waals surface area contributed by atoms with Crippen LogP contribution < -0.4 is 15.4 Å². The molecule has 3 aromatic rings. The Morgan fingerprint density at radius 1 is 1.02 bits per heavy atom. The number of benzene rings is 1. The summed E-state index contributed by atoms with van der Waals surface area (Å²) in [6.07, 6.45) is 5.71. The fourth-order valence-electron chi connectivity index (χ4n) is 5.72. The van der Waals surface area contributed by atoms with Crippen LogP contribution in [-0.2, 0) is 11.5 Å². The molecule has 1 aromatic carbocycles. The van der Waals surface area contributed by atoms with Gasteiger partial charge in [-0.05, 0) is 76.5 Å². The van der Waals surface area contributed by atoms with E-state index in [2.05, 4.69) is 48.2 Å². The molecule has 10 nitrogen and oxygen atoms in total. The van der Waals surface area contributed by atoms with Gasteiger partial charge in [-0.1, -0.05) is 31.3 Å². The van der Waals surface area contributed by atoms with Crippen molar-refractivity contribution in [2.24, 2.45) is 5.92 Å². The van der Waals surface area contributed by atoms with E-state index in [0.29, 0.717) is 55.9 Å². The fourth-order valence-corrected chi connectivity index (χ4v) is 6.47. The van der Waals surface area contributed by atoms with E-state index in [-0.39, 0.29) is 24.7 Å². The van der Waals surface area contributed by atoms with E-state index in [0.717, 1.165) is 39.8 Å². The standard InChI is InChI=1S/C32H45N5O5Si/c1-20-6-13-26(42-17-22-7-8-22)25(16-20)28-30-29(34-18-33-28)27(21(2)37(30)19-41-14-15-43(3,4)5)31(38)35-23-9-11-24(12-10-23)36-32(39)40/h6,13,16,18,22-24,36H,7-12,14-15,17,19H2,1-5H3,(H,35,38)(H,39,40)/t23-,24-. The zero-order chi connectivity index (χ0) is 30.7. The van der Waals surface area contributed by atoms with Crippen LogP contribution in [0.1, 0.15) is 60.1 Å². The Balaban J connectivity index is 1.49. The number of carbonyl (C=O) groups is 2. The summed E-state index contributed by atoms with van der Waals surface area (Å²) in [6, 6.07) is 7.07. The predicted octanol–water partition coefficient (Wildman–Crippen LogP) is 6.12. The van der Waals surface area contributed by atoms with Crippen LogP contribution >= 0.6 is 0 Å². The molecular formula is C32H45N5O5Si. The van der Waals surface area contributed by atoms with Crippen LogP contribution in [0.5, 0.6) is 5.75 Å². The molecule has 2 aromatic heterocycles. The quantitative estimate of drug-likeness (QED) is 0.167. The van der Waals surface area contributed by atoms with Crippen molar-refractivity contribution < 1.29 is 24.2 Å². The van der Waals surface area contributed by atoms with Crippen LogP contribution in [0.2, 0.25) is 25.7 Å². The van der Waals surface area contributed by atoms with Gasteiger partial charge in [-0.15, -0.1) is 0 Å². The largest absolute Gasteiger partial charge is 0.493 e. The second-order valence-electron chi connectivity index (χ2n) is 13.4. The van der Waals surface area contributed by atoms with Crippen LogP contribution in [0.25, 0.3) is 22.3 Å². The lowest BCUT2D eigenvalue weighted by Crippen LogP contribution is -2.43. The lowest BCUT2D eigenvalue weighted by molar-refractivity contribution is 0.0877. The monoisotopic (exact) mass is 607 g/mol. The third kappa shape index (κ3) is 7.75. The number of rotatable bonds is 12. The van der Waals surface area contributed by atoms with E-state index >= 15 is 0 Å². The van der Waals surface area contributed by atoms with E-state index in [1.54, 1.807) is 0 Å². The molecule has 0 unspecified atom stereocenters. The molecule has 0 bridgehead atoms. The highest BCUT2D eigenvalue weighted by atomic mass is 28.3. The van der Waals surface area contributed by atoms with Gasteiger partial charge in [0, 0.05) is 38.0 Å². The van der Waals surface area contributed by atoms with Crippen molar-refractivity contribution in [1.82, 2.24) is 25.2 Å². The van der Waals surface area contributed by atoms with Gasteiger partial charge in [-0.25, -0.2) is 14.8 Å². The van der Waals surface area contributed by atoms with Crippen LogP contribution in [0, 0.1) is 19.8 Å². The summed E-state index contributed by atoms with van der Waals surface area (Å²) in [5.74, 6) is 1.20. The van der Waals surface area contributed by atoms with Gasteiger partial charge < -0.3 is 29.8 Å². The SMILES string of the molecule is Cc1ccc(OCC2CC2)c(-c2ncnc3c(C(=O)N[C@H]4CC[C@H](NC(=O)O)CC4)c(C)n(COCC[Si](C)(C)C)c23)c1. The number of nitrogens with one attached hydrogen (secondary N) is 2. The second-order valence-corrected chi connectivity index (χ2v) is 19.0. The highest BCUT2D eigenvalue weighted by Crippen LogP contribution is 2.38. The number of amides is 2. The third-order valence-electron chi connectivity index (χ3n) is 8.49. The number of carbonyl (C=O) groups excluding carboxylic acids is 1. The Kier molecular flexibility index (Phi) is 9.41. The number of aromatic nitrogens is 3. The summed E-state index contributed by atoms with van der Waals surface area (Å²) in [5.41, 5.74) is 5.33. The minimum atomic E-state index is -1.28. The highest BCUT2D eigenvalue weighted by Gasteiger charge is 2.29. The number of hydrogen-bond acceptors (Lipinski definition) is 6. The number of fused-ring (bicyclic) bond motifs is 1. The van der Waals surface area contributed by atoms with Gasteiger partial charge in [0.15, 0.2) is 0 Å². The van der Waals surface area contributed by atoms with Crippen LogP contribution in [0.3, 0.4) is 0 Å². The van der Waals surface area contributed by atoms with Crippen molar-refractivity contribution in [3.8, 4) is 17.0 Å². The minimum Gasteiger partial charge on any atom is -0.493 e. The first kappa shape index (κ1) is 31.0. The molecule has 0 saturated heterocycles. The number of carboxylic acid groups (broad SMARTS) is 1. The zero-order valence-corrected chi connectivity index (χ0v) is 27.0. The van der Waals surface area contributed by atoms with Gasteiger partial charge in [0.1, 0.15) is 30.0 Å². The maximum Gasteiger partial charge on any atom is 0.404 e. The molecule has 0 atom stereocenters.